The molecule has 3 rings (SSSR count). The molecule has 7 heteroatoms. The number of carboxylic acid groups (broad SMARTS) is 1. The van der Waals surface area contributed by atoms with E-state index in [4.69, 9.17) is 37.8 Å². The van der Waals surface area contributed by atoms with Crippen LogP contribution in [0, 0.1) is 6.92 Å². The quantitative estimate of drug-likeness (QED) is 0.455. The van der Waals surface area contributed by atoms with Crippen LogP contribution >= 0.6 is 23.2 Å². The largest absolute Gasteiger partial charge is 0.487 e. The molecule has 1 heterocycles. The molecule has 0 spiro atoms. The number of ether oxygens (including phenoxy) is 2. The Labute approximate surface area is 178 Å². The molecule has 1 aromatic heterocycles. The van der Waals surface area contributed by atoms with E-state index in [0.717, 1.165) is 22.8 Å². The van der Waals surface area contributed by atoms with Gasteiger partial charge in [0.25, 0.3) is 0 Å². The first kappa shape index (κ1) is 20.7. The van der Waals surface area contributed by atoms with Crippen LogP contribution in [0.3, 0.4) is 0 Å². The van der Waals surface area contributed by atoms with Gasteiger partial charge in [-0.25, -0.2) is 9.78 Å². The highest BCUT2D eigenvalue weighted by Gasteiger charge is 2.07. The maximum Gasteiger partial charge on any atom is 0.328 e. The molecule has 0 amide bonds. The number of aromatic nitrogens is 1. The molecule has 0 fully saturated rings. The maximum atomic E-state index is 10.6. The summed E-state index contributed by atoms with van der Waals surface area (Å²) in [4.78, 5) is 14.9. The number of halogens is 2. The second-order valence-electron chi connectivity index (χ2n) is 6.13. The first-order valence-electron chi connectivity index (χ1n) is 8.63. The van der Waals surface area contributed by atoms with E-state index in [1.165, 1.54) is 6.08 Å². The number of pyridine rings is 1. The minimum Gasteiger partial charge on any atom is -0.487 e. The number of hydrogen-bond acceptors (Lipinski definition) is 4. The summed E-state index contributed by atoms with van der Waals surface area (Å²) in [7, 11) is 0. The molecule has 0 aliphatic heterocycles. The summed E-state index contributed by atoms with van der Waals surface area (Å²) in [5.41, 5.74) is 2.41. The third-order valence-electron chi connectivity index (χ3n) is 3.97. The van der Waals surface area contributed by atoms with Gasteiger partial charge in [-0.15, -0.1) is 0 Å². The standard InChI is InChI=1S/C22H17Cl2NO4/c1-14-11-15(6-10-21(26)27)5-8-19(14)29-20-9-7-17(12-25-20)28-13-16-3-2-4-18(23)22(16)24/h2-12H,13H2,1H3,(H,26,27). The molecular weight excluding hydrogens is 413 g/mol. The zero-order valence-corrected chi connectivity index (χ0v) is 16.9. The van der Waals surface area contributed by atoms with Crippen LogP contribution in [0.4, 0.5) is 0 Å². The first-order valence-corrected chi connectivity index (χ1v) is 9.39. The molecule has 0 atom stereocenters. The fourth-order valence-electron chi connectivity index (χ4n) is 2.50. The Morgan fingerprint density at radius 1 is 1.17 bits per heavy atom. The van der Waals surface area contributed by atoms with Gasteiger partial charge in [-0.3, -0.25) is 0 Å². The predicted molar refractivity (Wildman–Crippen MR) is 113 cm³/mol. The zero-order chi connectivity index (χ0) is 20.8. The molecule has 29 heavy (non-hydrogen) atoms. The SMILES string of the molecule is Cc1cc(C=CC(=O)O)ccc1Oc1ccc(OCc2cccc(Cl)c2Cl)cn1. The summed E-state index contributed by atoms with van der Waals surface area (Å²) in [6, 6.07) is 14.2. The fourth-order valence-corrected chi connectivity index (χ4v) is 2.88. The van der Waals surface area contributed by atoms with E-state index < -0.39 is 5.97 Å². The van der Waals surface area contributed by atoms with Crippen molar-refractivity contribution in [3.05, 3.63) is 87.5 Å². The van der Waals surface area contributed by atoms with Crippen molar-refractivity contribution >= 4 is 35.2 Å². The summed E-state index contributed by atoms with van der Waals surface area (Å²) < 4.78 is 11.5. The van der Waals surface area contributed by atoms with Crippen molar-refractivity contribution in [2.24, 2.45) is 0 Å². The molecule has 148 valence electrons. The van der Waals surface area contributed by atoms with Gasteiger partial charge in [0.15, 0.2) is 0 Å². The van der Waals surface area contributed by atoms with Gasteiger partial charge in [-0.2, -0.15) is 0 Å². The molecular formula is C22H17Cl2NO4. The Morgan fingerprint density at radius 3 is 2.69 bits per heavy atom. The molecule has 5 nitrogen and oxygen atoms in total. The topological polar surface area (TPSA) is 68.7 Å². The van der Waals surface area contributed by atoms with Gasteiger partial charge >= 0.3 is 5.97 Å². The Morgan fingerprint density at radius 2 is 2.00 bits per heavy atom. The van der Waals surface area contributed by atoms with Crippen LogP contribution in [0.1, 0.15) is 16.7 Å². The number of nitrogens with zero attached hydrogens (tertiary/aromatic N) is 1. The van der Waals surface area contributed by atoms with Crippen LogP contribution in [0.25, 0.3) is 6.08 Å². The van der Waals surface area contributed by atoms with Gasteiger partial charge in [0, 0.05) is 17.7 Å². The highest BCUT2D eigenvalue weighted by molar-refractivity contribution is 6.42. The average Bonchev–Trinajstić information content (AvgIpc) is 2.70. The van der Waals surface area contributed by atoms with Crippen LogP contribution in [-0.2, 0) is 11.4 Å². The number of aryl methyl sites for hydroxylation is 1. The molecule has 0 saturated heterocycles. The lowest BCUT2D eigenvalue weighted by molar-refractivity contribution is -0.131. The van der Waals surface area contributed by atoms with Crippen molar-refractivity contribution in [3.8, 4) is 17.4 Å². The normalized spacial score (nSPS) is 10.9. The molecule has 0 saturated carbocycles. The average molecular weight is 430 g/mol. The van der Waals surface area contributed by atoms with Gasteiger partial charge in [0.2, 0.25) is 5.88 Å². The Hall–Kier alpha value is -3.02. The van der Waals surface area contributed by atoms with Crippen LogP contribution in [-0.4, -0.2) is 16.1 Å². The van der Waals surface area contributed by atoms with Gasteiger partial charge < -0.3 is 14.6 Å². The van der Waals surface area contributed by atoms with Crippen molar-refractivity contribution in [2.75, 3.05) is 0 Å². The van der Waals surface area contributed by atoms with E-state index >= 15 is 0 Å². The van der Waals surface area contributed by atoms with Gasteiger partial charge in [0.05, 0.1) is 16.2 Å². The molecule has 1 N–H and O–H groups in total. The Bertz CT molecular complexity index is 1050. The number of benzene rings is 2. The van der Waals surface area contributed by atoms with Crippen LogP contribution in [0.15, 0.2) is 60.8 Å². The van der Waals surface area contributed by atoms with E-state index in [1.54, 1.807) is 36.5 Å². The highest BCUT2D eigenvalue weighted by atomic mass is 35.5. The number of carboxylic acids is 1. The number of carbonyl (C=O) groups is 1. The van der Waals surface area contributed by atoms with Crippen molar-refractivity contribution in [2.45, 2.75) is 13.5 Å². The van der Waals surface area contributed by atoms with Crippen LogP contribution < -0.4 is 9.47 Å². The summed E-state index contributed by atoms with van der Waals surface area (Å²) in [5, 5.41) is 9.65. The van der Waals surface area contributed by atoms with Crippen molar-refractivity contribution in [1.29, 1.82) is 0 Å². The monoisotopic (exact) mass is 429 g/mol. The number of hydrogen-bond donors (Lipinski definition) is 1. The minimum absolute atomic E-state index is 0.270. The summed E-state index contributed by atoms with van der Waals surface area (Å²) in [6.45, 7) is 2.14. The molecule has 0 unspecified atom stereocenters. The molecule has 2 aromatic carbocycles. The lowest BCUT2D eigenvalue weighted by Gasteiger charge is -2.10. The van der Waals surface area contributed by atoms with E-state index in [-0.39, 0.29) is 6.61 Å². The van der Waals surface area contributed by atoms with Crippen molar-refractivity contribution in [1.82, 2.24) is 4.98 Å². The zero-order valence-electron chi connectivity index (χ0n) is 15.4. The lowest BCUT2D eigenvalue weighted by atomic mass is 10.1. The van der Waals surface area contributed by atoms with Gasteiger partial charge in [-0.1, -0.05) is 41.4 Å². The Kier molecular flexibility index (Phi) is 6.75. The first-order chi connectivity index (χ1) is 13.9. The van der Waals surface area contributed by atoms with E-state index in [2.05, 4.69) is 4.98 Å². The third kappa shape index (κ3) is 5.73. The molecule has 0 aliphatic carbocycles. The number of rotatable bonds is 7. The molecule has 0 bridgehead atoms. The summed E-state index contributed by atoms with van der Waals surface area (Å²) in [6.07, 6.45) is 4.18. The van der Waals surface area contributed by atoms with E-state index in [0.29, 0.717) is 27.4 Å². The second-order valence-corrected chi connectivity index (χ2v) is 6.92. The van der Waals surface area contributed by atoms with Crippen LogP contribution in [0.5, 0.6) is 17.4 Å². The number of aliphatic carboxylic acids is 1. The smallest absolute Gasteiger partial charge is 0.328 e. The summed E-state index contributed by atoms with van der Waals surface area (Å²) in [5.74, 6) is 0.616. The third-order valence-corrected chi connectivity index (χ3v) is 4.83. The van der Waals surface area contributed by atoms with E-state index in [1.807, 2.05) is 25.1 Å². The lowest BCUT2D eigenvalue weighted by Crippen LogP contribution is -1.97. The summed E-state index contributed by atoms with van der Waals surface area (Å²) >= 11 is 12.2. The minimum atomic E-state index is -0.993. The van der Waals surface area contributed by atoms with Crippen LogP contribution in [0.2, 0.25) is 10.0 Å². The second kappa shape index (κ2) is 9.45. The molecule has 0 aliphatic rings. The van der Waals surface area contributed by atoms with E-state index in [9.17, 15) is 4.79 Å². The highest BCUT2D eigenvalue weighted by Crippen LogP contribution is 2.28. The maximum absolute atomic E-state index is 10.6. The van der Waals surface area contributed by atoms with Crippen molar-refractivity contribution in [3.63, 3.8) is 0 Å². The van der Waals surface area contributed by atoms with Gasteiger partial charge in [-0.05, 0) is 48.4 Å². The molecule has 3 aromatic rings. The Balaban J connectivity index is 1.63. The van der Waals surface area contributed by atoms with Crippen molar-refractivity contribution < 1.29 is 19.4 Å². The molecule has 0 radical (unpaired) electrons. The van der Waals surface area contributed by atoms with Gasteiger partial charge in [0.1, 0.15) is 18.1 Å². The fraction of sp³-hybridized carbons (Fsp3) is 0.0909. The predicted octanol–water partition coefficient (Wildman–Crippen LogP) is 6.17.